The molecule has 2 atom stereocenters. The molecular weight excluding hydrogens is 117 g/mol. The van der Waals surface area contributed by atoms with E-state index in [9.17, 15) is 4.21 Å². The third-order valence-corrected chi connectivity index (χ3v) is 1.36. The van der Waals surface area contributed by atoms with Gasteiger partial charge in [-0.05, 0) is 8.44 Å². The topological polar surface area (TPSA) is 29.1 Å². The molecule has 1 N–H and O–H groups in total. The highest BCUT2D eigenvalue weighted by atomic mass is 32.7. The van der Waals surface area contributed by atoms with Crippen LogP contribution in [0.1, 0.15) is 6.92 Å². The lowest BCUT2D eigenvalue weighted by Crippen LogP contribution is -2.09. The van der Waals surface area contributed by atoms with Crippen molar-refractivity contribution in [2.75, 3.05) is 6.54 Å². The molecule has 2 unspecified atom stereocenters. The minimum atomic E-state index is -0.899. The van der Waals surface area contributed by atoms with Crippen molar-refractivity contribution in [2.24, 2.45) is 0 Å². The fourth-order valence-corrected chi connectivity index (χ4v) is 0.927. The molecule has 38 valence electrons. The standard InChI is InChI=1S/C2H8NOPS/c1-2-3-6(4)5/h3H,2,5H2,1H3. The first-order valence-electron chi connectivity index (χ1n) is 1.67. The van der Waals surface area contributed by atoms with Crippen LogP contribution in [0.15, 0.2) is 0 Å². The molecule has 0 saturated heterocycles. The molecule has 4 heteroatoms. The van der Waals surface area contributed by atoms with Gasteiger partial charge in [0, 0.05) is 6.54 Å². The Kier molecular flexibility index (Phi) is 4.06. The van der Waals surface area contributed by atoms with Crippen molar-refractivity contribution in [2.45, 2.75) is 6.92 Å². The molecule has 0 saturated carbocycles. The van der Waals surface area contributed by atoms with Crippen molar-refractivity contribution < 1.29 is 4.21 Å². The summed E-state index contributed by atoms with van der Waals surface area (Å²) < 4.78 is 12.7. The second-order valence-corrected chi connectivity index (χ2v) is 2.96. The van der Waals surface area contributed by atoms with E-state index in [1.807, 2.05) is 6.92 Å². The van der Waals surface area contributed by atoms with Crippen molar-refractivity contribution >= 4 is 19.0 Å². The predicted octanol–water partition coefficient (Wildman–Crippen LogP) is 0.0497. The van der Waals surface area contributed by atoms with Crippen LogP contribution in [0.2, 0.25) is 0 Å². The lowest BCUT2D eigenvalue weighted by molar-refractivity contribution is 0.684. The Balaban J connectivity index is 2.83. The average molecular weight is 125 g/mol. The van der Waals surface area contributed by atoms with Gasteiger partial charge in [-0.25, -0.2) is 8.93 Å². The summed E-state index contributed by atoms with van der Waals surface area (Å²) in [7, 11) is 1.24. The summed E-state index contributed by atoms with van der Waals surface area (Å²) in [4.78, 5) is 0. The van der Waals surface area contributed by atoms with E-state index in [-0.39, 0.29) is 0 Å². The number of hydrogen-bond donors (Lipinski definition) is 1. The quantitative estimate of drug-likeness (QED) is 0.519. The molecule has 0 bridgehead atoms. The highest BCUT2D eigenvalue weighted by molar-refractivity contribution is 8.32. The van der Waals surface area contributed by atoms with Gasteiger partial charge in [0.25, 0.3) is 0 Å². The van der Waals surface area contributed by atoms with Crippen molar-refractivity contribution in [3.05, 3.63) is 0 Å². The van der Waals surface area contributed by atoms with Gasteiger partial charge in [0.15, 0.2) is 0 Å². The Labute approximate surface area is 42.2 Å². The van der Waals surface area contributed by atoms with Crippen molar-refractivity contribution in [1.29, 1.82) is 0 Å². The van der Waals surface area contributed by atoms with E-state index in [4.69, 9.17) is 0 Å². The third-order valence-electron chi connectivity index (χ3n) is 0.287. The zero-order valence-corrected chi connectivity index (χ0v) is 5.57. The third kappa shape index (κ3) is 4.54. The van der Waals surface area contributed by atoms with Crippen LogP contribution in [0.25, 0.3) is 0 Å². The molecule has 0 aliphatic carbocycles. The van der Waals surface area contributed by atoms with E-state index < -0.39 is 10.6 Å². The molecule has 0 spiro atoms. The molecule has 0 aromatic carbocycles. The SMILES string of the molecule is CCNS(=O)P. The molecular formula is C2H8NOPS. The van der Waals surface area contributed by atoms with Crippen LogP contribution in [0.5, 0.6) is 0 Å². The molecule has 2 nitrogen and oxygen atoms in total. The van der Waals surface area contributed by atoms with E-state index in [0.29, 0.717) is 0 Å². The Morgan fingerprint density at radius 3 is 2.50 bits per heavy atom. The Bertz CT molecular complexity index is 57.5. The minimum absolute atomic E-state index is 0.760. The number of nitrogens with one attached hydrogen (secondary N) is 1. The van der Waals surface area contributed by atoms with E-state index in [0.717, 1.165) is 6.54 Å². The second-order valence-electron chi connectivity index (χ2n) is 0.795. The van der Waals surface area contributed by atoms with Crippen LogP contribution >= 0.6 is 8.44 Å². The summed E-state index contributed by atoms with van der Waals surface area (Å²) in [6.45, 7) is 2.66. The molecule has 0 rings (SSSR count). The highest BCUT2D eigenvalue weighted by Crippen LogP contribution is 1.82. The summed E-state index contributed by atoms with van der Waals surface area (Å²) in [6, 6.07) is 0. The Morgan fingerprint density at radius 2 is 2.50 bits per heavy atom. The van der Waals surface area contributed by atoms with Crippen LogP contribution in [-0.4, -0.2) is 10.8 Å². The predicted molar refractivity (Wildman–Crippen MR) is 31.5 cm³/mol. The summed E-state index contributed by atoms with van der Waals surface area (Å²) in [5, 5.41) is 0. The smallest absolute Gasteiger partial charge is 0.107 e. The van der Waals surface area contributed by atoms with E-state index >= 15 is 0 Å². The first-order valence-corrected chi connectivity index (χ1v) is 4.29. The lowest BCUT2D eigenvalue weighted by atomic mass is 10.8. The van der Waals surface area contributed by atoms with Crippen molar-refractivity contribution in [3.63, 3.8) is 0 Å². The van der Waals surface area contributed by atoms with Crippen molar-refractivity contribution in [3.8, 4) is 0 Å². The van der Waals surface area contributed by atoms with Gasteiger partial charge < -0.3 is 0 Å². The fourth-order valence-electron chi connectivity index (χ4n) is 0.142. The zero-order chi connectivity index (χ0) is 4.99. The first-order chi connectivity index (χ1) is 2.77. The summed E-state index contributed by atoms with van der Waals surface area (Å²) in [5.41, 5.74) is 0. The fraction of sp³-hybridized carbons (Fsp3) is 1.00. The maximum atomic E-state index is 10.0. The molecule has 0 aromatic rings. The van der Waals surface area contributed by atoms with Crippen LogP contribution in [-0.2, 0) is 10.6 Å². The molecule has 0 fully saturated rings. The van der Waals surface area contributed by atoms with Gasteiger partial charge in [0.05, 0.1) is 0 Å². The van der Waals surface area contributed by atoms with Crippen LogP contribution < -0.4 is 4.72 Å². The molecule has 0 aliphatic rings. The van der Waals surface area contributed by atoms with Gasteiger partial charge in [-0.15, -0.1) is 0 Å². The maximum Gasteiger partial charge on any atom is 0.107 e. The molecule has 0 heterocycles. The van der Waals surface area contributed by atoms with E-state index in [1.165, 1.54) is 0 Å². The normalized spacial score (nSPS) is 14.3. The molecule has 0 aromatic heterocycles. The van der Waals surface area contributed by atoms with Gasteiger partial charge in [0.1, 0.15) is 10.6 Å². The molecule has 6 heavy (non-hydrogen) atoms. The van der Waals surface area contributed by atoms with E-state index in [1.54, 1.807) is 0 Å². The molecule has 0 aliphatic heterocycles. The molecule has 0 amide bonds. The number of rotatable bonds is 2. The van der Waals surface area contributed by atoms with Gasteiger partial charge in [-0.1, -0.05) is 6.92 Å². The highest BCUT2D eigenvalue weighted by Gasteiger charge is 1.77. The van der Waals surface area contributed by atoms with E-state index in [2.05, 4.69) is 13.2 Å². The van der Waals surface area contributed by atoms with Gasteiger partial charge in [-0.3, -0.25) is 0 Å². The molecule has 0 radical (unpaired) electrons. The van der Waals surface area contributed by atoms with Crippen LogP contribution in [0.4, 0.5) is 0 Å². The maximum absolute atomic E-state index is 10.0. The number of hydrogen-bond acceptors (Lipinski definition) is 1. The average Bonchev–Trinajstić information content (AvgIpc) is 1.35. The van der Waals surface area contributed by atoms with Crippen LogP contribution in [0.3, 0.4) is 0 Å². The summed E-state index contributed by atoms with van der Waals surface area (Å²) in [6.07, 6.45) is 0. The van der Waals surface area contributed by atoms with Gasteiger partial charge in [-0.2, -0.15) is 0 Å². The van der Waals surface area contributed by atoms with Gasteiger partial charge >= 0.3 is 0 Å². The Morgan fingerprint density at radius 1 is 2.00 bits per heavy atom. The summed E-state index contributed by atoms with van der Waals surface area (Å²) >= 11 is 0. The van der Waals surface area contributed by atoms with Crippen LogP contribution in [0, 0.1) is 0 Å². The minimum Gasteiger partial charge on any atom is -0.239 e. The van der Waals surface area contributed by atoms with Gasteiger partial charge in [0.2, 0.25) is 0 Å². The largest absolute Gasteiger partial charge is 0.239 e. The zero-order valence-electron chi connectivity index (χ0n) is 3.60. The Hall–Kier alpha value is 0.540. The van der Waals surface area contributed by atoms with Crippen molar-refractivity contribution in [1.82, 2.24) is 4.72 Å². The summed E-state index contributed by atoms with van der Waals surface area (Å²) in [5.74, 6) is 0. The lowest BCUT2D eigenvalue weighted by Gasteiger charge is -1.87. The first kappa shape index (κ1) is 6.54. The monoisotopic (exact) mass is 125 g/mol. The second kappa shape index (κ2) is 3.72.